The first-order chi connectivity index (χ1) is 20.8. The number of hydrogen-bond donors (Lipinski definition) is 2. The standard InChI is InChI=1S/C32H32N6O3S2/c1-43(40,41)37-28-17-15-26(16-18-28)30-34-31(42-36-30)35-32(39)38(22-19-27-14-8-9-21-33-27)23-20-29(24-10-4-2-5-11-24)25-12-6-3-7-13-25/h2-18,21,29,37H,19-20,22-23H2,1H3,(H,34,35,36,39). The van der Waals surface area contributed by atoms with Crippen molar-refractivity contribution in [3.63, 3.8) is 0 Å². The summed E-state index contributed by atoms with van der Waals surface area (Å²) in [5.41, 5.74) is 4.46. The predicted molar refractivity (Wildman–Crippen MR) is 172 cm³/mol. The molecule has 3 aromatic carbocycles. The van der Waals surface area contributed by atoms with Gasteiger partial charge in [-0.25, -0.2) is 13.2 Å². The van der Waals surface area contributed by atoms with Crippen LogP contribution in [-0.2, 0) is 16.4 Å². The summed E-state index contributed by atoms with van der Waals surface area (Å²) < 4.78 is 29.8. The van der Waals surface area contributed by atoms with E-state index in [0.717, 1.165) is 29.9 Å². The van der Waals surface area contributed by atoms with Crippen molar-refractivity contribution in [2.45, 2.75) is 18.8 Å². The van der Waals surface area contributed by atoms with E-state index in [1.54, 1.807) is 35.4 Å². The van der Waals surface area contributed by atoms with Crippen LogP contribution in [0.4, 0.5) is 15.6 Å². The molecule has 43 heavy (non-hydrogen) atoms. The first kappa shape index (κ1) is 29.9. The maximum Gasteiger partial charge on any atom is 0.323 e. The maximum atomic E-state index is 13.6. The Morgan fingerprint density at radius 1 is 0.860 bits per heavy atom. The minimum Gasteiger partial charge on any atom is -0.324 e. The van der Waals surface area contributed by atoms with Crippen molar-refractivity contribution < 1.29 is 13.2 Å². The van der Waals surface area contributed by atoms with Crippen LogP contribution in [0.2, 0.25) is 0 Å². The van der Waals surface area contributed by atoms with Crippen molar-refractivity contribution in [1.29, 1.82) is 0 Å². The molecule has 0 bridgehead atoms. The van der Waals surface area contributed by atoms with Gasteiger partial charge in [0.1, 0.15) is 0 Å². The van der Waals surface area contributed by atoms with Gasteiger partial charge in [0.2, 0.25) is 15.2 Å². The van der Waals surface area contributed by atoms with Crippen molar-refractivity contribution in [2.75, 3.05) is 29.4 Å². The highest BCUT2D eigenvalue weighted by molar-refractivity contribution is 7.92. The third kappa shape index (κ3) is 8.69. The van der Waals surface area contributed by atoms with Crippen molar-refractivity contribution in [1.82, 2.24) is 19.2 Å². The summed E-state index contributed by atoms with van der Waals surface area (Å²) >= 11 is 1.09. The summed E-state index contributed by atoms with van der Waals surface area (Å²) in [6, 6.07) is 33.0. The lowest BCUT2D eigenvalue weighted by atomic mass is 9.88. The number of carbonyl (C=O) groups is 1. The molecule has 0 saturated heterocycles. The first-order valence-corrected chi connectivity index (χ1v) is 16.5. The third-order valence-corrected chi connectivity index (χ3v) is 8.07. The van der Waals surface area contributed by atoms with Crippen LogP contribution in [0, 0.1) is 0 Å². The van der Waals surface area contributed by atoms with Crippen LogP contribution in [0.25, 0.3) is 11.4 Å². The number of benzene rings is 3. The highest BCUT2D eigenvalue weighted by Crippen LogP contribution is 2.29. The molecule has 0 aliphatic carbocycles. The minimum absolute atomic E-state index is 0.126. The van der Waals surface area contributed by atoms with Crippen LogP contribution >= 0.6 is 11.5 Å². The number of aromatic nitrogens is 3. The highest BCUT2D eigenvalue weighted by Gasteiger charge is 2.21. The molecule has 2 aromatic heterocycles. The summed E-state index contributed by atoms with van der Waals surface area (Å²) in [6.45, 7) is 1.01. The van der Waals surface area contributed by atoms with E-state index in [9.17, 15) is 13.2 Å². The van der Waals surface area contributed by atoms with Gasteiger partial charge in [-0.05, 0) is 53.9 Å². The summed E-state index contributed by atoms with van der Waals surface area (Å²) in [4.78, 5) is 24.4. The second-order valence-corrected chi connectivity index (χ2v) is 12.5. The summed E-state index contributed by atoms with van der Waals surface area (Å²) in [6.07, 6.45) is 4.21. The zero-order valence-electron chi connectivity index (χ0n) is 23.6. The molecule has 0 saturated carbocycles. The molecule has 11 heteroatoms. The average molecular weight is 613 g/mol. The molecular weight excluding hydrogens is 581 g/mol. The molecule has 0 aliphatic rings. The number of carbonyl (C=O) groups excluding carboxylic acids is 1. The van der Waals surface area contributed by atoms with Gasteiger partial charge in [0, 0.05) is 60.1 Å². The van der Waals surface area contributed by atoms with Gasteiger partial charge >= 0.3 is 6.03 Å². The Kier molecular flexibility index (Phi) is 9.75. The van der Waals surface area contributed by atoms with E-state index in [2.05, 4.69) is 48.6 Å². The minimum atomic E-state index is -3.37. The van der Waals surface area contributed by atoms with Crippen LogP contribution in [0.3, 0.4) is 0 Å². The Morgan fingerprint density at radius 2 is 1.51 bits per heavy atom. The SMILES string of the molecule is CS(=O)(=O)Nc1ccc(-c2nsc(NC(=O)N(CCc3ccccn3)CCC(c3ccccc3)c3ccccc3)n2)cc1. The van der Waals surface area contributed by atoms with Gasteiger partial charge in [-0.3, -0.25) is 15.0 Å². The third-order valence-electron chi connectivity index (χ3n) is 6.83. The van der Waals surface area contributed by atoms with Gasteiger partial charge in [0.15, 0.2) is 5.82 Å². The number of amides is 2. The van der Waals surface area contributed by atoms with Gasteiger partial charge in [0.25, 0.3) is 0 Å². The summed E-state index contributed by atoms with van der Waals surface area (Å²) in [7, 11) is -3.37. The van der Waals surface area contributed by atoms with Crippen molar-refractivity contribution in [2.24, 2.45) is 0 Å². The topological polar surface area (TPSA) is 117 Å². The van der Waals surface area contributed by atoms with E-state index in [1.165, 1.54) is 11.1 Å². The molecule has 5 rings (SSSR count). The van der Waals surface area contributed by atoms with Gasteiger partial charge in [-0.15, -0.1) is 0 Å². The number of sulfonamides is 1. The second kappa shape index (κ2) is 14.0. The molecule has 2 N–H and O–H groups in total. The first-order valence-electron chi connectivity index (χ1n) is 13.8. The van der Waals surface area contributed by atoms with Crippen molar-refractivity contribution in [3.8, 4) is 11.4 Å². The average Bonchev–Trinajstić information content (AvgIpc) is 3.48. The molecule has 0 atom stereocenters. The highest BCUT2D eigenvalue weighted by atomic mass is 32.2. The van der Waals surface area contributed by atoms with E-state index in [4.69, 9.17) is 0 Å². The molecular formula is C32H32N6O3S2. The van der Waals surface area contributed by atoms with E-state index >= 15 is 0 Å². The molecule has 0 radical (unpaired) electrons. The monoisotopic (exact) mass is 612 g/mol. The van der Waals surface area contributed by atoms with Crippen LogP contribution in [0.5, 0.6) is 0 Å². The summed E-state index contributed by atoms with van der Waals surface area (Å²) in [5, 5.41) is 3.31. The van der Waals surface area contributed by atoms with E-state index in [1.807, 2.05) is 54.6 Å². The number of hydrogen-bond acceptors (Lipinski definition) is 7. The second-order valence-electron chi connectivity index (χ2n) is 10.0. The number of pyridine rings is 1. The Balaban J connectivity index is 1.31. The zero-order chi connectivity index (χ0) is 30.1. The molecule has 5 aromatic rings. The fourth-order valence-corrected chi connectivity index (χ4v) is 5.90. The molecule has 220 valence electrons. The smallest absolute Gasteiger partial charge is 0.323 e. The molecule has 9 nitrogen and oxygen atoms in total. The van der Waals surface area contributed by atoms with E-state index in [-0.39, 0.29) is 11.9 Å². The molecule has 2 heterocycles. The quantitative estimate of drug-likeness (QED) is 0.172. The molecule has 2 amide bonds. The number of nitrogens with zero attached hydrogens (tertiary/aromatic N) is 4. The zero-order valence-corrected chi connectivity index (χ0v) is 25.3. The fraction of sp³-hybridized carbons (Fsp3) is 0.188. The van der Waals surface area contributed by atoms with Crippen molar-refractivity contribution >= 4 is 38.4 Å². The largest absolute Gasteiger partial charge is 0.324 e. The van der Waals surface area contributed by atoms with Gasteiger partial charge < -0.3 is 4.90 Å². The van der Waals surface area contributed by atoms with Gasteiger partial charge in [-0.1, -0.05) is 66.7 Å². The molecule has 0 fully saturated rings. The number of urea groups is 1. The Labute approximate surface area is 255 Å². The maximum absolute atomic E-state index is 13.6. The van der Waals surface area contributed by atoms with Crippen LogP contribution in [-0.4, -0.2) is 53.0 Å². The molecule has 0 unspecified atom stereocenters. The van der Waals surface area contributed by atoms with Crippen LogP contribution < -0.4 is 10.0 Å². The van der Waals surface area contributed by atoms with Crippen LogP contribution in [0.15, 0.2) is 109 Å². The lowest BCUT2D eigenvalue weighted by molar-refractivity contribution is 0.210. The van der Waals surface area contributed by atoms with Crippen LogP contribution in [0.1, 0.15) is 29.2 Å². The van der Waals surface area contributed by atoms with Gasteiger partial charge in [-0.2, -0.15) is 9.36 Å². The van der Waals surface area contributed by atoms with E-state index < -0.39 is 10.0 Å². The summed E-state index contributed by atoms with van der Waals surface area (Å²) in [5.74, 6) is 0.570. The number of anilines is 2. The number of rotatable bonds is 12. The van der Waals surface area contributed by atoms with Crippen molar-refractivity contribution in [3.05, 3.63) is 126 Å². The Morgan fingerprint density at radius 3 is 2.12 bits per heavy atom. The fourth-order valence-electron chi connectivity index (χ4n) is 4.76. The van der Waals surface area contributed by atoms with Gasteiger partial charge in [0.05, 0.1) is 6.26 Å². The molecule has 0 aliphatic heterocycles. The Bertz CT molecular complexity index is 1680. The number of nitrogens with one attached hydrogen (secondary N) is 2. The molecule has 0 spiro atoms. The predicted octanol–water partition coefficient (Wildman–Crippen LogP) is 6.27. The Hall–Kier alpha value is -4.61. The lowest BCUT2D eigenvalue weighted by Crippen LogP contribution is -2.38. The lowest BCUT2D eigenvalue weighted by Gasteiger charge is -2.26. The van der Waals surface area contributed by atoms with E-state index in [0.29, 0.717) is 41.7 Å². The normalized spacial score (nSPS) is 11.3.